The fourth-order valence-corrected chi connectivity index (χ4v) is 5.04. The van der Waals surface area contributed by atoms with Gasteiger partial charge in [-0.25, -0.2) is 15.0 Å². The van der Waals surface area contributed by atoms with Crippen LogP contribution in [0.3, 0.4) is 0 Å². The number of hydrogen-bond donors (Lipinski definition) is 3. The molecule has 1 saturated heterocycles. The number of aromatic nitrogens is 3. The molecule has 0 atom stereocenters. The van der Waals surface area contributed by atoms with Gasteiger partial charge in [-0.05, 0) is 31.4 Å². The van der Waals surface area contributed by atoms with Gasteiger partial charge in [-0.15, -0.1) is 0 Å². The number of nitrogens with zero attached hydrogens (tertiary/aromatic N) is 5. The van der Waals surface area contributed by atoms with Crippen molar-refractivity contribution in [3.63, 3.8) is 0 Å². The molecular formula is C22H27N7O3. The van der Waals surface area contributed by atoms with E-state index in [1.165, 1.54) is 6.33 Å². The van der Waals surface area contributed by atoms with Crippen LogP contribution in [0.5, 0.6) is 0 Å². The van der Waals surface area contributed by atoms with Gasteiger partial charge in [0.25, 0.3) is 5.91 Å². The van der Waals surface area contributed by atoms with E-state index in [-0.39, 0.29) is 17.9 Å². The molecule has 2 aliphatic heterocycles. The van der Waals surface area contributed by atoms with Crippen LogP contribution < -0.4 is 16.1 Å². The third kappa shape index (κ3) is 3.39. The number of fused-ring (bicyclic) bond motifs is 2. The normalized spacial score (nSPS) is 20.1. The molecule has 0 radical (unpaired) electrons. The van der Waals surface area contributed by atoms with Crippen LogP contribution in [0.2, 0.25) is 0 Å². The summed E-state index contributed by atoms with van der Waals surface area (Å²) >= 11 is 0. The Morgan fingerprint density at radius 1 is 1.25 bits per heavy atom. The molecule has 0 aromatic carbocycles. The maximum absolute atomic E-state index is 12.7. The number of aryl methyl sites for hydroxylation is 1. The van der Waals surface area contributed by atoms with Crippen molar-refractivity contribution in [3.05, 3.63) is 40.8 Å². The van der Waals surface area contributed by atoms with E-state index in [0.717, 1.165) is 42.4 Å². The first-order valence-corrected chi connectivity index (χ1v) is 11.0. The summed E-state index contributed by atoms with van der Waals surface area (Å²) in [5.74, 6) is 0.921. The number of carbonyl (C=O) groups is 2. The lowest BCUT2D eigenvalue weighted by Crippen LogP contribution is -2.56. The fourth-order valence-electron chi connectivity index (χ4n) is 5.04. The van der Waals surface area contributed by atoms with Gasteiger partial charge >= 0.3 is 0 Å². The van der Waals surface area contributed by atoms with Crippen LogP contribution >= 0.6 is 0 Å². The number of nitrogens with one attached hydrogen (secondary N) is 2. The molecule has 10 heteroatoms. The topological polar surface area (TPSA) is 125 Å². The van der Waals surface area contributed by atoms with Crippen LogP contribution in [-0.4, -0.2) is 55.8 Å². The minimum absolute atomic E-state index is 0.0598. The quantitative estimate of drug-likeness (QED) is 0.627. The predicted molar refractivity (Wildman–Crippen MR) is 116 cm³/mol. The highest BCUT2D eigenvalue weighted by Crippen LogP contribution is 2.42. The molecule has 0 unspecified atom stereocenters. The van der Waals surface area contributed by atoms with E-state index < -0.39 is 5.54 Å². The monoisotopic (exact) mass is 437 g/mol. The van der Waals surface area contributed by atoms with Crippen molar-refractivity contribution in [1.29, 1.82) is 0 Å². The number of anilines is 1. The van der Waals surface area contributed by atoms with Crippen molar-refractivity contribution in [1.82, 2.24) is 24.9 Å². The standard InChI is InChI=1S/C22H27N7O3/c1-13-8-18(29(32)20-19(13)21(31)27-22(20)6-4-3-5-7-22)26-17-9-16(23-12-24-17)25-15-10-28(11-15)14(2)30/h8-9,12,15,32H,3-7,10-11H2,1-2H3,(H,27,31)(H,23,24,25). The Morgan fingerprint density at radius 3 is 2.72 bits per heavy atom. The molecule has 2 amide bonds. The zero-order valence-corrected chi connectivity index (χ0v) is 18.3. The van der Waals surface area contributed by atoms with E-state index in [1.807, 2.05) is 6.92 Å². The molecular weight excluding hydrogens is 410 g/mol. The largest absolute Gasteiger partial charge is 0.427 e. The molecule has 3 N–H and O–H groups in total. The van der Waals surface area contributed by atoms with Crippen LogP contribution in [-0.2, 0) is 10.3 Å². The molecule has 1 spiro atoms. The third-order valence-corrected chi connectivity index (χ3v) is 6.71. The predicted octanol–water partition coefficient (Wildman–Crippen LogP) is 1.60. The highest BCUT2D eigenvalue weighted by molar-refractivity contribution is 6.00. The summed E-state index contributed by atoms with van der Waals surface area (Å²) in [6.07, 6.45) is 6.15. The van der Waals surface area contributed by atoms with Gasteiger partial charge in [0.2, 0.25) is 5.91 Å². The minimum Gasteiger partial charge on any atom is -0.427 e. The van der Waals surface area contributed by atoms with Crippen LogP contribution in [0.15, 0.2) is 23.5 Å². The summed E-state index contributed by atoms with van der Waals surface area (Å²) in [6.45, 7) is 4.69. The molecule has 168 valence electrons. The minimum atomic E-state index is -0.541. The Morgan fingerprint density at radius 2 is 2.00 bits per heavy atom. The van der Waals surface area contributed by atoms with E-state index in [4.69, 9.17) is 0 Å². The number of carbonyl (C=O) groups excluding carboxylic acids is 2. The Kier molecular flexibility index (Phi) is 4.87. The SMILES string of the molecule is CC(=O)N1CC(Nc2cc(N=c3cc(C)c4c(n3O)C3(CCCCC3)NC4=O)ncn2)C1. The molecule has 1 aliphatic carbocycles. The van der Waals surface area contributed by atoms with E-state index in [2.05, 4.69) is 25.6 Å². The van der Waals surface area contributed by atoms with Crippen molar-refractivity contribution < 1.29 is 14.8 Å². The molecule has 3 aliphatic rings. The number of rotatable bonds is 3. The van der Waals surface area contributed by atoms with E-state index >= 15 is 0 Å². The molecule has 32 heavy (non-hydrogen) atoms. The first kappa shape index (κ1) is 20.5. The molecule has 2 aromatic heterocycles. The molecule has 10 nitrogen and oxygen atoms in total. The number of pyridine rings is 1. The third-order valence-electron chi connectivity index (χ3n) is 6.71. The summed E-state index contributed by atoms with van der Waals surface area (Å²) in [6, 6.07) is 3.54. The van der Waals surface area contributed by atoms with Crippen LogP contribution in [0.1, 0.15) is 60.6 Å². The molecule has 2 aromatic rings. The average molecular weight is 438 g/mol. The zero-order chi connectivity index (χ0) is 22.5. The first-order chi connectivity index (χ1) is 15.4. The van der Waals surface area contributed by atoms with Gasteiger partial charge in [-0.2, -0.15) is 4.73 Å². The second kappa shape index (κ2) is 7.61. The highest BCUT2D eigenvalue weighted by Gasteiger charge is 2.47. The molecule has 1 saturated carbocycles. The Bertz CT molecular complexity index is 1160. The van der Waals surface area contributed by atoms with Crippen molar-refractivity contribution in [2.45, 2.75) is 57.5 Å². The molecule has 2 fully saturated rings. The Hall–Kier alpha value is -3.43. The summed E-state index contributed by atoms with van der Waals surface area (Å²) in [7, 11) is 0. The summed E-state index contributed by atoms with van der Waals surface area (Å²) in [5, 5.41) is 17.5. The van der Waals surface area contributed by atoms with Crippen molar-refractivity contribution in [2.24, 2.45) is 4.99 Å². The lowest BCUT2D eigenvalue weighted by molar-refractivity contribution is -0.132. The van der Waals surface area contributed by atoms with Crippen molar-refractivity contribution in [2.75, 3.05) is 18.4 Å². The van der Waals surface area contributed by atoms with E-state index in [1.54, 1.807) is 24.0 Å². The smallest absolute Gasteiger partial charge is 0.254 e. The number of amides is 2. The van der Waals surface area contributed by atoms with E-state index in [0.29, 0.717) is 41.5 Å². The fraction of sp³-hybridized carbons (Fsp3) is 0.500. The van der Waals surface area contributed by atoms with Crippen LogP contribution in [0.25, 0.3) is 0 Å². The molecule has 4 heterocycles. The van der Waals surface area contributed by atoms with Gasteiger partial charge in [0.05, 0.1) is 22.8 Å². The lowest BCUT2D eigenvalue weighted by Gasteiger charge is -2.39. The maximum atomic E-state index is 12.7. The second-order valence-corrected chi connectivity index (χ2v) is 8.96. The first-order valence-electron chi connectivity index (χ1n) is 11.0. The van der Waals surface area contributed by atoms with Crippen LogP contribution in [0.4, 0.5) is 11.6 Å². The zero-order valence-electron chi connectivity index (χ0n) is 18.3. The Balaban J connectivity index is 1.48. The van der Waals surface area contributed by atoms with Gasteiger partial charge in [0.1, 0.15) is 12.1 Å². The Labute approximate surface area is 185 Å². The average Bonchev–Trinajstić information content (AvgIpc) is 3.01. The summed E-state index contributed by atoms with van der Waals surface area (Å²) < 4.78 is 1.05. The van der Waals surface area contributed by atoms with Crippen molar-refractivity contribution >= 4 is 23.5 Å². The maximum Gasteiger partial charge on any atom is 0.254 e. The van der Waals surface area contributed by atoms with Gasteiger partial charge in [-0.3, -0.25) is 9.59 Å². The van der Waals surface area contributed by atoms with Gasteiger partial charge in [0.15, 0.2) is 11.3 Å². The van der Waals surface area contributed by atoms with Gasteiger partial charge < -0.3 is 20.7 Å². The summed E-state index contributed by atoms with van der Waals surface area (Å²) in [5.41, 5.74) is 1.69. The lowest BCUT2D eigenvalue weighted by atomic mass is 9.79. The van der Waals surface area contributed by atoms with Crippen LogP contribution in [0, 0.1) is 6.92 Å². The molecule has 5 rings (SSSR count). The van der Waals surface area contributed by atoms with E-state index in [9.17, 15) is 14.8 Å². The summed E-state index contributed by atoms with van der Waals surface area (Å²) in [4.78, 5) is 38.8. The van der Waals surface area contributed by atoms with Gasteiger partial charge in [-0.1, -0.05) is 19.3 Å². The van der Waals surface area contributed by atoms with Gasteiger partial charge in [0, 0.05) is 26.1 Å². The number of likely N-dealkylation sites (tertiary alicyclic amines) is 1. The van der Waals surface area contributed by atoms with Crippen molar-refractivity contribution in [3.8, 4) is 0 Å². The molecule has 0 bridgehead atoms. The second-order valence-electron chi connectivity index (χ2n) is 8.96. The number of hydrogen-bond acceptors (Lipinski definition) is 7. The highest BCUT2D eigenvalue weighted by atomic mass is 16.5.